The summed E-state index contributed by atoms with van der Waals surface area (Å²) < 4.78 is 1.79. The molecule has 1 aromatic rings. The lowest BCUT2D eigenvalue weighted by molar-refractivity contribution is 0.0947. The van der Waals surface area contributed by atoms with Crippen LogP contribution in [0.25, 0.3) is 0 Å². The Morgan fingerprint density at radius 3 is 2.39 bits per heavy atom. The predicted molar refractivity (Wildman–Crippen MR) is 73.7 cm³/mol. The fourth-order valence-electron chi connectivity index (χ4n) is 1.89. The van der Waals surface area contributed by atoms with Crippen molar-refractivity contribution in [3.05, 3.63) is 17.0 Å². The molecular formula is C14H25N3O. The number of rotatable bonds is 5. The van der Waals surface area contributed by atoms with E-state index in [1.807, 2.05) is 14.0 Å². The van der Waals surface area contributed by atoms with Crippen LogP contribution in [-0.4, -0.2) is 22.2 Å². The predicted octanol–water partition coefficient (Wildman–Crippen LogP) is 2.31. The topological polar surface area (TPSA) is 46.9 Å². The first-order valence-corrected chi connectivity index (χ1v) is 6.63. The lowest BCUT2D eigenvalue weighted by Crippen LogP contribution is -2.28. The van der Waals surface area contributed by atoms with Crippen molar-refractivity contribution in [1.82, 2.24) is 15.1 Å². The number of hydrogen-bond donors (Lipinski definition) is 1. The molecule has 0 aromatic carbocycles. The molecule has 1 heterocycles. The summed E-state index contributed by atoms with van der Waals surface area (Å²) in [7, 11) is 1.89. The van der Waals surface area contributed by atoms with E-state index in [-0.39, 0.29) is 5.91 Å². The summed E-state index contributed by atoms with van der Waals surface area (Å²) in [6.45, 7) is 11.1. The maximum absolute atomic E-state index is 12.2. The van der Waals surface area contributed by atoms with Crippen LogP contribution in [0.1, 0.15) is 49.4 Å². The molecule has 4 nitrogen and oxygen atoms in total. The highest BCUT2D eigenvalue weighted by molar-refractivity contribution is 5.96. The van der Waals surface area contributed by atoms with Gasteiger partial charge in [-0.25, -0.2) is 0 Å². The summed E-state index contributed by atoms with van der Waals surface area (Å²) in [4.78, 5) is 12.2. The highest BCUT2D eigenvalue weighted by Crippen LogP contribution is 2.16. The van der Waals surface area contributed by atoms with Crippen molar-refractivity contribution in [2.75, 3.05) is 6.54 Å². The van der Waals surface area contributed by atoms with Crippen LogP contribution < -0.4 is 5.32 Å². The third-order valence-corrected chi connectivity index (χ3v) is 2.91. The van der Waals surface area contributed by atoms with Gasteiger partial charge in [0, 0.05) is 19.3 Å². The average Bonchev–Trinajstić information content (AvgIpc) is 2.50. The zero-order valence-corrected chi connectivity index (χ0v) is 12.4. The second kappa shape index (κ2) is 6.03. The third-order valence-electron chi connectivity index (χ3n) is 2.91. The minimum Gasteiger partial charge on any atom is -0.352 e. The van der Waals surface area contributed by atoms with Gasteiger partial charge in [0.2, 0.25) is 0 Å². The number of carbonyl (C=O) groups is 1. The summed E-state index contributed by atoms with van der Waals surface area (Å²) in [5.41, 5.74) is 2.60. The van der Waals surface area contributed by atoms with Gasteiger partial charge in [0.05, 0.1) is 11.3 Å². The molecular weight excluding hydrogens is 226 g/mol. The van der Waals surface area contributed by atoms with Crippen LogP contribution in [0.5, 0.6) is 0 Å². The maximum atomic E-state index is 12.2. The zero-order valence-electron chi connectivity index (χ0n) is 12.4. The highest BCUT2D eigenvalue weighted by Gasteiger charge is 2.20. The van der Waals surface area contributed by atoms with Crippen LogP contribution in [0.3, 0.4) is 0 Å². The molecule has 0 radical (unpaired) electrons. The van der Waals surface area contributed by atoms with Crippen LogP contribution >= 0.6 is 0 Å². The van der Waals surface area contributed by atoms with E-state index in [4.69, 9.17) is 0 Å². The number of nitrogens with zero attached hydrogens (tertiary/aromatic N) is 2. The van der Waals surface area contributed by atoms with E-state index < -0.39 is 0 Å². The number of aromatic nitrogens is 2. The zero-order chi connectivity index (χ0) is 13.9. The van der Waals surface area contributed by atoms with Gasteiger partial charge in [0.25, 0.3) is 5.91 Å². The van der Waals surface area contributed by atoms with Gasteiger partial charge in [-0.2, -0.15) is 5.10 Å². The van der Waals surface area contributed by atoms with Gasteiger partial charge in [0.15, 0.2) is 0 Å². The first-order valence-electron chi connectivity index (χ1n) is 6.63. The molecule has 0 bridgehead atoms. The van der Waals surface area contributed by atoms with E-state index in [0.717, 1.165) is 23.4 Å². The molecule has 0 saturated carbocycles. The minimum atomic E-state index is 0.00458. The van der Waals surface area contributed by atoms with Crippen LogP contribution in [0.4, 0.5) is 0 Å². The van der Waals surface area contributed by atoms with Crippen molar-refractivity contribution in [2.45, 2.75) is 41.0 Å². The Labute approximate surface area is 110 Å². The molecule has 0 atom stereocenters. The van der Waals surface area contributed by atoms with Crippen molar-refractivity contribution < 1.29 is 4.79 Å². The van der Waals surface area contributed by atoms with Crippen molar-refractivity contribution in [1.29, 1.82) is 0 Å². The molecule has 0 aliphatic rings. The van der Waals surface area contributed by atoms with Gasteiger partial charge in [-0.05, 0) is 25.2 Å². The van der Waals surface area contributed by atoms with E-state index in [1.165, 1.54) is 0 Å². The normalized spacial score (nSPS) is 11.3. The van der Waals surface area contributed by atoms with E-state index in [2.05, 4.69) is 38.1 Å². The third kappa shape index (κ3) is 3.59. The number of carbonyl (C=O) groups excluding carboxylic acids is 1. The molecule has 1 N–H and O–H groups in total. The molecule has 0 spiro atoms. The Morgan fingerprint density at radius 2 is 1.89 bits per heavy atom. The van der Waals surface area contributed by atoms with E-state index in [1.54, 1.807) is 4.68 Å². The summed E-state index contributed by atoms with van der Waals surface area (Å²) in [6.07, 6.45) is 0.839. The van der Waals surface area contributed by atoms with Crippen molar-refractivity contribution in [3.63, 3.8) is 0 Å². The molecule has 1 aromatic heterocycles. The molecule has 1 rings (SSSR count). The van der Waals surface area contributed by atoms with Gasteiger partial charge in [-0.1, -0.05) is 27.7 Å². The van der Waals surface area contributed by atoms with Crippen LogP contribution in [0, 0.1) is 18.8 Å². The molecule has 1 amide bonds. The largest absolute Gasteiger partial charge is 0.352 e. The summed E-state index contributed by atoms with van der Waals surface area (Å²) in [6, 6.07) is 0. The number of aryl methyl sites for hydroxylation is 1. The monoisotopic (exact) mass is 251 g/mol. The summed E-state index contributed by atoms with van der Waals surface area (Å²) in [5.74, 6) is 0.959. The Kier molecular flexibility index (Phi) is 4.93. The Bertz CT molecular complexity index is 419. The standard InChI is InChI=1S/C14H25N3O/c1-9(2)7-12-13(11(5)17(6)16-12)14(18)15-8-10(3)4/h9-10H,7-8H2,1-6H3,(H,15,18). The van der Waals surface area contributed by atoms with Gasteiger partial charge in [-0.3, -0.25) is 9.48 Å². The van der Waals surface area contributed by atoms with E-state index in [9.17, 15) is 4.79 Å². The molecule has 0 unspecified atom stereocenters. The average molecular weight is 251 g/mol. The van der Waals surface area contributed by atoms with Crippen LogP contribution in [-0.2, 0) is 13.5 Å². The SMILES string of the molecule is Cc1c(C(=O)NCC(C)C)c(CC(C)C)nn1C. The second-order valence-corrected chi connectivity index (χ2v) is 5.73. The molecule has 0 fully saturated rings. The minimum absolute atomic E-state index is 0.00458. The Balaban J connectivity index is 2.94. The van der Waals surface area contributed by atoms with Crippen molar-refractivity contribution in [3.8, 4) is 0 Å². The smallest absolute Gasteiger partial charge is 0.255 e. The number of nitrogens with one attached hydrogen (secondary N) is 1. The quantitative estimate of drug-likeness (QED) is 0.873. The molecule has 0 aliphatic heterocycles. The van der Waals surface area contributed by atoms with E-state index >= 15 is 0 Å². The first-order chi connectivity index (χ1) is 8.32. The van der Waals surface area contributed by atoms with Gasteiger partial charge < -0.3 is 5.32 Å². The molecule has 0 saturated heterocycles. The Hall–Kier alpha value is -1.32. The van der Waals surface area contributed by atoms with Crippen LogP contribution in [0.2, 0.25) is 0 Å². The molecule has 0 aliphatic carbocycles. The number of amides is 1. The summed E-state index contributed by atoms with van der Waals surface area (Å²) >= 11 is 0. The van der Waals surface area contributed by atoms with Gasteiger partial charge in [-0.15, -0.1) is 0 Å². The first kappa shape index (κ1) is 14.7. The van der Waals surface area contributed by atoms with Crippen LogP contribution in [0.15, 0.2) is 0 Å². The fourth-order valence-corrected chi connectivity index (χ4v) is 1.89. The van der Waals surface area contributed by atoms with Gasteiger partial charge in [0.1, 0.15) is 0 Å². The van der Waals surface area contributed by atoms with Crippen molar-refractivity contribution >= 4 is 5.91 Å². The molecule has 102 valence electrons. The highest BCUT2D eigenvalue weighted by atomic mass is 16.1. The van der Waals surface area contributed by atoms with Crippen molar-refractivity contribution in [2.24, 2.45) is 18.9 Å². The number of hydrogen-bond acceptors (Lipinski definition) is 2. The lowest BCUT2D eigenvalue weighted by Gasteiger charge is -2.09. The Morgan fingerprint density at radius 1 is 1.28 bits per heavy atom. The van der Waals surface area contributed by atoms with E-state index in [0.29, 0.717) is 18.4 Å². The second-order valence-electron chi connectivity index (χ2n) is 5.73. The van der Waals surface area contributed by atoms with Gasteiger partial charge >= 0.3 is 0 Å². The molecule has 18 heavy (non-hydrogen) atoms. The molecule has 4 heteroatoms. The maximum Gasteiger partial charge on any atom is 0.255 e. The lowest BCUT2D eigenvalue weighted by atomic mass is 10.0. The summed E-state index contributed by atoms with van der Waals surface area (Å²) in [5, 5.41) is 7.43. The fraction of sp³-hybridized carbons (Fsp3) is 0.714.